The lowest BCUT2D eigenvalue weighted by Gasteiger charge is -2.08. The third-order valence-corrected chi connectivity index (χ3v) is 3.42. The van der Waals surface area contributed by atoms with Gasteiger partial charge in [0.1, 0.15) is 5.82 Å². The van der Waals surface area contributed by atoms with E-state index in [-0.39, 0.29) is 35.1 Å². The molecule has 9 nitrogen and oxygen atoms in total. The minimum absolute atomic E-state index is 0.114. The van der Waals surface area contributed by atoms with Crippen molar-refractivity contribution in [1.29, 1.82) is 0 Å². The zero-order valence-electron chi connectivity index (χ0n) is 14.6. The molecular formula is C17H17FN4O5. The Balaban J connectivity index is 2.02. The Kier molecular flexibility index (Phi) is 6.64. The number of carbonyl (C=O) groups excluding carboxylic acids is 1. The lowest BCUT2D eigenvalue weighted by Crippen LogP contribution is -2.25. The monoisotopic (exact) mass is 376 g/mol. The number of anilines is 1. The summed E-state index contributed by atoms with van der Waals surface area (Å²) in [5, 5.41) is 17.7. The Morgan fingerprint density at radius 2 is 1.85 bits per heavy atom. The number of halogens is 1. The van der Waals surface area contributed by atoms with Crippen LogP contribution in [-0.4, -0.2) is 37.8 Å². The smallest absolute Gasteiger partial charge is 0.282 e. The van der Waals surface area contributed by atoms with Crippen LogP contribution in [0.15, 0.2) is 41.5 Å². The summed E-state index contributed by atoms with van der Waals surface area (Å²) in [5.41, 5.74) is 2.68. The van der Waals surface area contributed by atoms with E-state index in [1.54, 1.807) is 0 Å². The van der Waals surface area contributed by atoms with Crippen molar-refractivity contribution in [2.75, 3.05) is 26.1 Å². The normalized spacial score (nSPS) is 10.5. The number of methoxy groups -OCH3 is 2. The first-order valence-corrected chi connectivity index (χ1v) is 7.66. The average Bonchev–Trinajstić information content (AvgIpc) is 2.66. The first kappa shape index (κ1) is 19.6. The zero-order valence-corrected chi connectivity index (χ0v) is 14.6. The van der Waals surface area contributed by atoms with Crippen molar-refractivity contribution in [2.45, 2.75) is 0 Å². The summed E-state index contributed by atoms with van der Waals surface area (Å²) in [7, 11) is 2.76. The molecule has 0 bridgehead atoms. The molecule has 2 aromatic rings. The number of rotatable bonds is 8. The van der Waals surface area contributed by atoms with E-state index < -0.39 is 10.8 Å². The molecule has 2 rings (SSSR count). The number of hydrogen-bond donors (Lipinski definition) is 2. The van der Waals surface area contributed by atoms with Crippen molar-refractivity contribution in [3.63, 3.8) is 0 Å². The highest BCUT2D eigenvalue weighted by Gasteiger charge is 2.18. The maximum atomic E-state index is 12.8. The Morgan fingerprint density at radius 1 is 1.22 bits per heavy atom. The number of carbonyl (C=O) groups is 1. The zero-order chi connectivity index (χ0) is 19.8. The highest BCUT2D eigenvalue weighted by atomic mass is 19.1. The standard InChI is InChI=1S/C17H17FN4O5/c1-26-15-7-11(14(22(24)25)8-16(15)27-2)9-20-21-17(23)10-19-13-5-3-12(18)4-6-13/h3-9,19H,10H2,1-2H3,(H,21,23)/b20-9-. The highest BCUT2D eigenvalue weighted by Crippen LogP contribution is 2.33. The van der Waals surface area contributed by atoms with Gasteiger partial charge in [0.05, 0.1) is 43.5 Å². The third-order valence-electron chi connectivity index (χ3n) is 3.42. The van der Waals surface area contributed by atoms with Crippen LogP contribution in [0.1, 0.15) is 5.56 Å². The molecule has 2 N–H and O–H groups in total. The van der Waals surface area contributed by atoms with Gasteiger partial charge >= 0.3 is 0 Å². The van der Waals surface area contributed by atoms with E-state index in [9.17, 15) is 19.3 Å². The Hall–Kier alpha value is -3.69. The molecule has 0 atom stereocenters. The number of ether oxygens (including phenoxy) is 2. The maximum absolute atomic E-state index is 12.8. The molecule has 142 valence electrons. The van der Waals surface area contributed by atoms with E-state index in [2.05, 4.69) is 15.8 Å². The van der Waals surface area contributed by atoms with E-state index >= 15 is 0 Å². The minimum atomic E-state index is -0.596. The molecule has 2 aromatic carbocycles. The molecule has 0 heterocycles. The van der Waals surface area contributed by atoms with Crippen molar-refractivity contribution < 1.29 is 23.6 Å². The second-order valence-corrected chi connectivity index (χ2v) is 5.18. The summed E-state index contributed by atoms with van der Waals surface area (Å²) in [6.45, 7) is -0.114. The number of nitrogens with zero attached hydrogens (tertiary/aromatic N) is 2. The van der Waals surface area contributed by atoms with Gasteiger partial charge in [-0.05, 0) is 30.3 Å². The molecule has 0 aliphatic rings. The molecule has 1 amide bonds. The van der Waals surface area contributed by atoms with Gasteiger partial charge in [0, 0.05) is 5.69 Å². The van der Waals surface area contributed by atoms with E-state index in [4.69, 9.17) is 9.47 Å². The predicted molar refractivity (Wildman–Crippen MR) is 96.8 cm³/mol. The number of hydrazone groups is 1. The third kappa shape index (κ3) is 5.39. The number of nitrogens with one attached hydrogen (secondary N) is 2. The lowest BCUT2D eigenvalue weighted by molar-refractivity contribution is -0.385. The van der Waals surface area contributed by atoms with E-state index in [1.165, 1.54) is 50.6 Å². The summed E-state index contributed by atoms with van der Waals surface area (Å²) in [5.74, 6) is -0.382. The minimum Gasteiger partial charge on any atom is -0.493 e. The fourth-order valence-electron chi connectivity index (χ4n) is 2.11. The summed E-state index contributed by atoms with van der Waals surface area (Å²) >= 11 is 0. The lowest BCUT2D eigenvalue weighted by atomic mass is 10.1. The summed E-state index contributed by atoms with van der Waals surface area (Å²) in [6, 6.07) is 8.07. The van der Waals surface area contributed by atoms with Crippen LogP contribution < -0.4 is 20.2 Å². The van der Waals surface area contributed by atoms with Crippen LogP contribution in [0.4, 0.5) is 15.8 Å². The fraction of sp³-hybridized carbons (Fsp3) is 0.176. The quantitative estimate of drug-likeness (QED) is 0.415. The molecule has 0 unspecified atom stereocenters. The highest BCUT2D eigenvalue weighted by molar-refractivity contribution is 5.88. The number of hydrogen-bond acceptors (Lipinski definition) is 7. The van der Waals surface area contributed by atoms with Gasteiger partial charge in [-0.25, -0.2) is 9.82 Å². The van der Waals surface area contributed by atoms with E-state index in [0.29, 0.717) is 5.69 Å². The van der Waals surface area contributed by atoms with Crippen LogP contribution in [-0.2, 0) is 4.79 Å². The average molecular weight is 376 g/mol. The first-order chi connectivity index (χ1) is 12.9. The maximum Gasteiger partial charge on any atom is 0.282 e. The predicted octanol–water partition coefficient (Wildman–Crippen LogP) is 2.31. The molecule has 27 heavy (non-hydrogen) atoms. The molecule has 0 saturated carbocycles. The molecule has 0 aromatic heterocycles. The second-order valence-electron chi connectivity index (χ2n) is 5.18. The Morgan fingerprint density at radius 3 is 2.44 bits per heavy atom. The van der Waals surface area contributed by atoms with Gasteiger partial charge in [0.2, 0.25) is 0 Å². The first-order valence-electron chi connectivity index (χ1n) is 7.66. The molecular weight excluding hydrogens is 359 g/mol. The Labute approximate surface area is 153 Å². The SMILES string of the molecule is COc1cc(/C=N\NC(=O)CNc2ccc(F)cc2)c([N+](=O)[O-])cc1OC. The van der Waals surface area contributed by atoms with Crippen LogP contribution >= 0.6 is 0 Å². The number of nitro groups is 1. The molecule has 0 radical (unpaired) electrons. The van der Waals surface area contributed by atoms with Gasteiger partial charge in [0.25, 0.3) is 11.6 Å². The van der Waals surface area contributed by atoms with Crippen LogP contribution in [0.25, 0.3) is 0 Å². The number of nitro benzene ring substituents is 1. The van der Waals surface area contributed by atoms with Crippen LogP contribution in [0.2, 0.25) is 0 Å². The van der Waals surface area contributed by atoms with Crippen LogP contribution in [0.5, 0.6) is 11.5 Å². The van der Waals surface area contributed by atoms with Crippen molar-refractivity contribution in [2.24, 2.45) is 5.10 Å². The largest absolute Gasteiger partial charge is 0.493 e. The summed E-state index contributed by atoms with van der Waals surface area (Å²) in [6.07, 6.45) is 1.13. The molecule has 10 heteroatoms. The Bertz CT molecular complexity index is 855. The van der Waals surface area contributed by atoms with Gasteiger partial charge < -0.3 is 14.8 Å². The van der Waals surface area contributed by atoms with Crippen molar-refractivity contribution in [3.8, 4) is 11.5 Å². The van der Waals surface area contributed by atoms with E-state index in [1.807, 2.05) is 0 Å². The number of amides is 1. The van der Waals surface area contributed by atoms with Crippen molar-refractivity contribution in [3.05, 3.63) is 57.9 Å². The van der Waals surface area contributed by atoms with Gasteiger partial charge in [0.15, 0.2) is 11.5 Å². The van der Waals surface area contributed by atoms with E-state index in [0.717, 1.165) is 6.21 Å². The second kappa shape index (κ2) is 9.13. The topological polar surface area (TPSA) is 115 Å². The number of benzene rings is 2. The fourth-order valence-corrected chi connectivity index (χ4v) is 2.11. The molecule has 0 fully saturated rings. The van der Waals surface area contributed by atoms with Crippen LogP contribution in [0.3, 0.4) is 0 Å². The van der Waals surface area contributed by atoms with Crippen molar-refractivity contribution in [1.82, 2.24) is 5.43 Å². The van der Waals surface area contributed by atoms with Gasteiger partial charge in [-0.2, -0.15) is 5.10 Å². The van der Waals surface area contributed by atoms with Gasteiger partial charge in [-0.15, -0.1) is 0 Å². The molecule has 0 saturated heterocycles. The van der Waals surface area contributed by atoms with Gasteiger partial charge in [-0.3, -0.25) is 14.9 Å². The van der Waals surface area contributed by atoms with Crippen molar-refractivity contribution >= 4 is 23.5 Å². The molecule has 0 spiro atoms. The summed E-state index contributed by atoms with van der Waals surface area (Å²) < 4.78 is 22.9. The van der Waals surface area contributed by atoms with Crippen LogP contribution in [0, 0.1) is 15.9 Å². The summed E-state index contributed by atoms with van der Waals surface area (Å²) in [4.78, 5) is 22.4. The molecule has 0 aliphatic heterocycles. The van der Waals surface area contributed by atoms with Gasteiger partial charge in [-0.1, -0.05) is 0 Å². The molecule has 0 aliphatic carbocycles.